The second-order valence-electron chi connectivity index (χ2n) is 9.19. The first-order valence-corrected chi connectivity index (χ1v) is 13.9. The molecule has 0 heterocycles. The summed E-state index contributed by atoms with van der Waals surface area (Å²) in [6.45, 7) is 3.43. The van der Waals surface area contributed by atoms with Gasteiger partial charge in [0.25, 0.3) is 10.0 Å². The molecule has 0 aliphatic rings. The molecule has 1 atom stereocenters. The van der Waals surface area contributed by atoms with E-state index in [-0.39, 0.29) is 10.6 Å². The summed E-state index contributed by atoms with van der Waals surface area (Å²) in [4.78, 5) is 13.7. The number of nitrogens with zero attached hydrogens (tertiary/aromatic N) is 1. The first-order chi connectivity index (χ1) is 18.7. The van der Waals surface area contributed by atoms with Crippen LogP contribution in [-0.2, 0) is 14.8 Å². The fraction of sp³-hybridized carbons (Fsp3) is 0.194. The highest BCUT2D eigenvalue weighted by Crippen LogP contribution is 2.34. The maximum Gasteiger partial charge on any atom is 0.264 e. The van der Waals surface area contributed by atoms with Gasteiger partial charge in [0, 0.05) is 6.07 Å². The lowest BCUT2D eigenvalue weighted by Gasteiger charge is -2.27. The van der Waals surface area contributed by atoms with E-state index in [0.29, 0.717) is 11.5 Å². The molecule has 1 N–H and O–H groups in total. The van der Waals surface area contributed by atoms with Crippen molar-refractivity contribution >= 4 is 21.6 Å². The van der Waals surface area contributed by atoms with Crippen molar-refractivity contribution in [3.63, 3.8) is 0 Å². The third-order valence-electron chi connectivity index (χ3n) is 6.40. The zero-order chi connectivity index (χ0) is 28.0. The van der Waals surface area contributed by atoms with Crippen molar-refractivity contribution in [2.75, 3.05) is 25.1 Å². The molecule has 0 aliphatic carbocycles. The topological polar surface area (TPSA) is 84.9 Å². The van der Waals surface area contributed by atoms with Crippen molar-refractivity contribution in [2.45, 2.75) is 24.8 Å². The average molecular weight is 545 g/mol. The molecule has 0 aliphatic heterocycles. The van der Waals surface area contributed by atoms with Gasteiger partial charge in [-0.25, -0.2) is 8.42 Å². The molecule has 0 saturated heterocycles. The first-order valence-electron chi connectivity index (χ1n) is 12.4. The number of nitrogens with one attached hydrogen (secondary N) is 1. The van der Waals surface area contributed by atoms with Crippen molar-refractivity contribution in [2.24, 2.45) is 0 Å². The Labute approximate surface area is 230 Å². The molecule has 0 radical (unpaired) electrons. The molecule has 0 spiro atoms. The number of carbonyl (C=O) groups is 1. The average Bonchev–Trinajstić information content (AvgIpc) is 2.95. The molecule has 0 unspecified atom stereocenters. The van der Waals surface area contributed by atoms with Crippen LogP contribution >= 0.6 is 0 Å². The highest BCUT2D eigenvalue weighted by molar-refractivity contribution is 7.92. The Hall–Kier alpha value is -4.30. The quantitative estimate of drug-likeness (QED) is 0.288. The predicted molar refractivity (Wildman–Crippen MR) is 153 cm³/mol. The number of rotatable bonds is 10. The monoisotopic (exact) mass is 544 g/mol. The summed E-state index contributed by atoms with van der Waals surface area (Å²) in [6.07, 6.45) is 0. The van der Waals surface area contributed by atoms with E-state index in [9.17, 15) is 13.2 Å². The lowest BCUT2D eigenvalue weighted by molar-refractivity contribution is -0.120. The summed E-state index contributed by atoms with van der Waals surface area (Å²) in [5.74, 6) is 0.332. The zero-order valence-corrected chi connectivity index (χ0v) is 23.2. The summed E-state index contributed by atoms with van der Waals surface area (Å²) in [5.41, 5.74) is 4.07. The van der Waals surface area contributed by atoms with E-state index in [0.717, 1.165) is 26.6 Å². The number of sulfonamides is 1. The molecule has 39 heavy (non-hydrogen) atoms. The maximum absolute atomic E-state index is 13.9. The van der Waals surface area contributed by atoms with Gasteiger partial charge in [0.15, 0.2) is 11.5 Å². The van der Waals surface area contributed by atoms with Gasteiger partial charge in [0.2, 0.25) is 5.91 Å². The number of amides is 1. The number of anilines is 1. The van der Waals surface area contributed by atoms with E-state index < -0.39 is 28.5 Å². The molecule has 0 fully saturated rings. The molecule has 4 aromatic carbocycles. The molecule has 7 nitrogen and oxygen atoms in total. The predicted octanol–water partition coefficient (Wildman–Crippen LogP) is 5.42. The van der Waals surface area contributed by atoms with Crippen molar-refractivity contribution < 1.29 is 22.7 Å². The van der Waals surface area contributed by atoms with Gasteiger partial charge in [0.1, 0.15) is 6.54 Å². The molecule has 0 aromatic heterocycles. The van der Waals surface area contributed by atoms with E-state index in [2.05, 4.69) is 5.32 Å². The molecular formula is C31H32N2O5S. The number of aryl methyl sites for hydroxylation is 2. The Morgan fingerprint density at radius 1 is 0.769 bits per heavy atom. The van der Waals surface area contributed by atoms with E-state index in [1.165, 1.54) is 26.4 Å². The molecule has 8 heteroatoms. The third-order valence-corrected chi connectivity index (χ3v) is 8.19. The van der Waals surface area contributed by atoms with E-state index >= 15 is 0 Å². The van der Waals surface area contributed by atoms with E-state index in [4.69, 9.17) is 9.47 Å². The molecule has 0 bridgehead atoms. The highest BCUT2D eigenvalue weighted by atomic mass is 32.2. The van der Waals surface area contributed by atoms with Crippen molar-refractivity contribution in [1.29, 1.82) is 0 Å². The molecular weight excluding hydrogens is 512 g/mol. The van der Waals surface area contributed by atoms with Crippen LogP contribution in [0.15, 0.2) is 102 Å². The van der Waals surface area contributed by atoms with Crippen LogP contribution in [0.3, 0.4) is 0 Å². The first kappa shape index (κ1) is 27.7. The Kier molecular flexibility index (Phi) is 8.56. The van der Waals surface area contributed by atoms with Gasteiger partial charge in [-0.2, -0.15) is 0 Å². The number of hydrogen-bond acceptors (Lipinski definition) is 5. The van der Waals surface area contributed by atoms with Gasteiger partial charge < -0.3 is 14.8 Å². The minimum atomic E-state index is -4.11. The Bertz CT molecular complexity index is 1520. The second-order valence-corrected chi connectivity index (χ2v) is 11.0. The Morgan fingerprint density at radius 2 is 1.33 bits per heavy atom. The largest absolute Gasteiger partial charge is 0.493 e. The summed E-state index contributed by atoms with van der Waals surface area (Å²) in [6, 6.07) is 28.3. The lowest BCUT2D eigenvalue weighted by Crippen LogP contribution is -2.42. The minimum Gasteiger partial charge on any atom is -0.493 e. The summed E-state index contributed by atoms with van der Waals surface area (Å²) in [5, 5.41) is 3.05. The van der Waals surface area contributed by atoms with Gasteiger partial charge in [0.05, 0.1) is 30.8 Å². The van der Waals surface area contributed by atoms with Crippen LogP contribution in [0.2, 0.25) is 0 Å². The normalized spacial score (nSPS) is 11.9. The maximum atomic E-state index is 13.9. The Balaban J connectivity index is 1.72. The molecule has 0 saturated carbocycles. The standard InChI is InChI=1S/C31H32N2O5S/c1-22-10-14-25(15-11-22)31(24-8-6-5-7-9-24)32-30(34)21-33(26-16-19-28(37-3)29(20-26)38-4)39(35,36)27-17-12-23(2)13-18-27/h5-20,31H,21H2,1-4H3,(H,32,34)/t31-/m1/s1. The fourth-order valence-electron chi connectivity index (χ4n) is 4.23. The van der Waals surface area contributed by atoms with Crippen molar-refractivity contribution in [3.05, 3.63) is 119 Å². The van der Waals surface area contributed by atoms with Gasteiger partial charge >= 0.3 is 0 Å². The minimum absolute atomic E-state index is 0.0776. The number of benzene rings is 4. The van der Waals surface area contributed by atoms with Crippen LogP contribution in [0.25, 0.3) is 0 Å². The lowest BCUT2D eigenvalue weighted by atomic mass is 9.98. The van der Waals surface area contributed by atoms with E-state index in [1.54, 1.807) is 30.3 Å². The third kappa shape index (κ3) is 6.41. The number of carbonyl (C=O) groups excluding carboxylic acids is 1. The van der Waals surface area contributed by atoms with Crippen LogP contribution < -0.4 is 19.1 Å². The Morgan fingerprint density at radius 3 is 1.92 bits per heavy atom. The molecule has 4 aromatic rings. The van der Waals surface area contributed by atoms with Gasteiger partial charge in [-0.15, -0.1) is 0 Å². The second kappa shape index (κ2) is 12.0. The van der Waals surface area contributed by atoms with Gasteiger partial charge in [-0.3, -0.25) is 9.10 Å². The van der Waals surface area contributed by atoms with Crippen LogP contribution in [0.1, 0.15) is 28.3 Å². The van der Waals surface area contributed by atoms with Crippen LogP contribution in [0.5, 0.6) is 11.5 Å². The highest BCUT2D eigenvalue weighted by Gasteiger charge is 2.29. The summed E-state index contributed by atoms with van der Waals surface area (Å²) < 4.78 is 39.6. The summed E-state index contributed by atoms with van der Waals surface area (Å²) >= 11 is 0. The van der Waals surface area contributed by atoms with Crippen LogP contribution in [0, 0.1) is 13.8 Å². The van der Waals surface area contributed by atoms with Crippen LogP contribution in [0.4, 0.5) is 5.69 Å². The molecule has 4 rings (SSSR count). The number of hydrogen-bond donors (Lipinski definition) is 1. The molecule has 202 valence electrons. The summed E-state index contributed by atoms with van der Waals surface area (Å²) in [7, 11) is -1.13. The van der Waals surface area contributed by atoms with Gasteiger partial charge in [-0.1, -0.05) is 77.9 Å². The smallest absolute Gasteiger partial charge is 0.264 e. The van der Waals surface area contributed by atoms with Crippen molar-refractivity contribution in [1.82, 2.24) is 5.32 Å². The van der Waals surface area contributed by atoms with Crippen LogP contribution in [-0.4, -0.2) is 35.1 Å². The van der Waals surface area contributed by atoms with Crippen molar-refractivity contribution in [3.8, 4) is 11.5 Å². The fourth-order valence-corrected chi connectivity index (χ4v) is 5.65. The van der Waals surface area contributed by atoms with E-state index in [1.807, 2.05) is 68.4 Å². The number of ether oxygens (including phenoxy) is 2. The number of methoxy groups -OCH3 is 2. The zero-order valence-electron chi connectivity index (χ0n) is 22.4. The van der Waals surface area contributed by atoms with Gasteiger partial charge in [-0.05, 0) is 49.2 Å². The molecule has 1 amide bonds. The SMILES string of the molecule is COc1ccc(N(CC(=O)N[C@H](c2ccccc2)c2ccc(C)cc2)S(=O)(=O)c2ccc(C)cc2)cc1OC.